The largest absolute Gasteiger partial charge is 0.377 e. The summed E-state index contributed by atoms with van der Waals surface area (Å²) in [6.45, 7) is 0.792. The van der Waals surface area contributed by atoms with Gasteiger partial charge in [0, 0.05) is 23.8 Å². The minimum absolute atomic E-state index is 0.143. The summed E-state index contributed by atoms with van der Waals surface area (Å²) in [7, 11) is -0.990. The summed E-state index contributed by atoms with van der Waals surface area (Å²) in [6.07, 6.45) is 4.58. The van der Waals surface area contributed by atoms with Gasteiger partial charge in [0.25, 0.3) is 0 Å². The molecule has 14 heavy (non-hydrogen) atoms. The standard InChI is InChI=1S/C10H16O3S/c11-9-4-1-5-10(9)14(12)7-8-3-2-6-13-8/h8,10H,1-7H2. The molecule has 3 nitrogen and oxygen atoms in total. The van der Waals surface area contributed by atoms with Gasteiger partial charge in [-0.15, -0.1) is 0 Å². The second-order valence-corrected chi connectivity index (χ2v) is 5.69. The molecule has 0 aromatic rings. The van der Waals surface area contributed by atoms with E-state index in [1.807, 2.05) is 0 Å². The fraction of sp³-hybridized carbons (Fsp3) is 0.900. The predicted molar refractivity (Wildman–Crippen MR) is 54.6 cm³/mol. The number of hydrogen-bond acceptors (Lipinski definition) is 3. The number of ketones is 1. The van der Waals surface area contributed by atoms with E-state index < -0.39 is 10.8 Å². The molecule has 1 saturated heterocycles. The van der Waals surface area contributed by atoms with E-state index in [-0.39, 0.29) is 17.1 Å². The molecule has 80 valence electrons. The van der Waals surface area contributed by atoms with Crippen molar-refractivity contribution >= 4 is 16.6 Å². The van der Waals surface area contributed by atoms with E-state index in [2.05, 4.69) is 0 Å². The molecule has 2 fully saturated rings. The lowest BCUT2D eigenvalue weighted by Gasteiger charge is -2.12. The number of hydrogen-bond donors (Lipinski definition) is 0. The highest BCUT2D eigenvalue weighted by atomic mass is 32.2. The number of Topliss-reactive ketones (excluding diaryl/α,β-unsaturated/α-hetero) is 1. The molecule has 1 aliphatic heterocycles. The topological polar surface area (TPSA) is 43.4 Å². The van der Waals surface area contributed by atoms with E-state index in [9.17, 15) is 9.00 Å². The molecule has 0 spiro atoms. The SMILES string of the molecule is O=C1CCCC1S(=O)CC1CCCO1. The van der Waals surface area contributed by atoms with Gasteiger partial charge in [-0.2, -0.15) is 0 Å². The summed E-state index contributed by atoms with van der Waals surface area (Å²) in [6, 6.07) is 0. The lowest BCUT2D eigenvalue weighted by atomic mass is 10.3. The molecule has 0 N–H and O–H groups in total. The van der Waals surface area contributed by atoms with Crippen LogP contribution in [0.2, 0.25) is 0 Å². The third-order valence-corrected chi connectivity index (χ3v) is 4.77. The Kier molecular flexibility index (Phi) is 3.34. The Morgan fingerprint density at radius 2 is 2.21 bits per heavy atom. The molecule has 2 aliphatic rings. The summed E-state index contributed by atoms with van der Waals surface area (Å²) in [5, 5.41) is -0.181. The molecule has 0 aromatic carbocycles. The fourth-order valence-corrected chi connectivity index (χ4v) is 3.84. The van der Waals surface area contributed by atoms with Gasteiger partial charge in [0.15, 0.2) is 0 Å². The summed E-state index contributed by atoms with van der Waals surface area (Å²) in [5.41, 5.74) is 0. The first kappa shape index (κ1) is 10.3. The van der Waals surface area contributed by atoms with E-state index in [0.29, 0.717) is 12.2 Å². The molecule has 3 unspecified atom stereocenters. The fourth-order valence-electron chi connectivity index (χ4n) is 2.14. The van der Waals surface area contributed by atoms with E-state index in [1.165, 1.54) is 0 Å². The molecular formula is C10H16O3S. The summed E-state index contributed by atoms with van der Waals surface area (Å²) in [4.78, 5) is 11.4. The van der Waals surface area contributed by atoms with Gasteiger partial charge in [0.05, 0.1) is 17.1 Å². The third-order valence-electron chi connectivity index (χ3n) is 2.94. The van der Waals surface area contributed by atoms with Crippen molar-refractivity contribution in [2.24, 2.45) is 0 Å². The van der Waals surface area contributed by atoms with Gasteiger partial charge < -0.3 is 4.74 Å². The van der Waals surface area contributed by atoms with Crippen LogP contribution in [0, 0.1) is 0 Å². The zero-order valence-corrected chi connectivity index (χ0v) is 9.05. The first-order chi connectivity index (χ1) is 6.77. The monoisotopic (exact) mass is 216 g/mol. The molecule has 2 rings (SSSR count). The van der Waals surface area contributed by atoms with Crippen molar-refractivity contribution in [1.82, 2.24) is 0 Å². The van der Waals surface area contributed by atoms with Crippen LogP contribution in [-0.4, -0.2) is 33.7 Å². The highest BCUT2D eigenvalue weighted by molar-refractivity contribution is 7.86. The molecule has 1 aliphatic carbocycles. The Labute approximate surface area is 86.7 Å². The maximum absolute atomic E-state index is 11.8. The van der Waals surface area contributed by atoms with Crippen LogP contribution >= 0.6 is 0 Å². The smallest absolute Gasteiger partial charge is 0.148 e. The molecule has 0 amide bonds. The van der Waals surface area contributed by atoms with Crippen molar-refractivity contribution in [2.75, 3.05) is 12.4 Å². The molecule has 1 heterocycles. The molecule has 0 bridgehead atoms. The van der Waals surface area contributed by atoms with Crippen molar-refractivity contribution in [3.63, 3.8) is 0 Å². The van der Waals surface area contributed by atoms with E-state index in [0.717, 1.165) is 32.3 Å². The Bertz CT molecular complexity index is 246. The van der Waals surface area contributed by atoms with Gasteiger partial charge in [-0.3, -0.25) is 9.00 Å². The van der Waals surface area contributed by atoms with Gasteiger partial charge in [-0.05, 0) is 25.7 Å². The minimum atomic E-state index is -0.990. The van der Waals surface area contributed by atoms with Gasteiger partial charge in [0.1, 0.15) is 5.78 Å². The molecule has 0 aromatic heterocycles. The highest BCUT2D eigenvalue weighted by Gasteiger charge is 2.31. The molecule has 1 saturated carbocycles. The molecular weight excluding hydrogens is 200 g/mol. The van der Waals surface area contributed by atoms with Crippen LogP contribution in [0.25, 0.3) is 0 Å². The maximum atomic E-state index is 11.8. The maximum Gasteiger partial charge on any atom is 0.148 e. The zero-order chi connectivity index (χ0) is 9.97. The number of carbonyl (C=O) groups is 1. The summed E-state index contributed by atoms with van der Waals surface area (Å²) in [5.74, 6) is 0.762. The Balaban J connectivity index is 1.85. The van der Waals surface area contributed by atoms with Gasteiger partial charge >= 0.3 is 0 Å². The van der Waals surface area contributed by atoms with Crippen molar-refractivity contribution in [2.45, 2.75) is 43.5 Å². The lowest BCUT2D eigenvalue weighted by Crippen LogP contribution is -2.27. The van der Waals surface area contributed by atoms with Crippen molar-refractivity contribution in [3.8, 4) is 0 Å². The van der Waals surface area contributed by atoms with Crippen LogP contribution in [0.1, 0.15) is 32.1 Å². The van der Waals surface area contributed by atoms with Crippen LogP contribution in [0.15, 0.2) is 0 Å². The quantitative estimate of drug-likeness (QED) is 0.708. The third kappa shape index (κ3) is 2.23. The average molecular weight is 216 g/mol. The van der Waals surface area contributed by atoms with Crippen molar-refractivity contribution in [3.05, 3.63) is 0 Å². The van der Waals surface area contributed by atoms with Crippen LogP contribution in [0.3, 0.4) is 0 Å². The molecule has 3 atom stereocenters. The first-order valence-corrected chi connectivity index (χ1v) is 6.67. The second kappa shape index (κ2) is 4.53. The molecule has 0 radical (unpaired) electrons. The van der Waals surface area contributed by atoms with Gasteiger partial charge in [-0.1, -0.05) is 0 Å². The Morgan fingerprint density at radius 3 is 2.79 bits per heavy atom. The van der Waals surface area contributed by atoms with Gasteiger partial charge in [0.2, 0.25) is 0 Å². The van der Waals surface area contributed by atoms with Crippen molar-refractivity contribution in [1.29, 1.82) is 0 Å². The number of ether oxygens (including phenoxy) is 1. The first-order valence-electron chi connectivity index (χ1n) is 5.29. The normalized spacial score (nSPS) is 35.0. The highest BCUT2D eigenvalue weighted by Crippen LogP contribution is 2.22. The van der Waals surface area contributed by atoms with Crippen LogP contribution < -0.4 is 0 Å². The summed E-state index contributed by atoms with van der Waals surface area (Å²) >= 11 is 0. The number of carbonyl (C=O) groups excluding carboxylic acids is 1. The Morgan fingerprint density at radius 1 is 1.36 bits per heavy atom. The predicted octanol–water partition coefficient (Wildman–Crippen LogP) is 1.04. The average Bonchev–Trinajstić information content (AvgIpc) is 2.75. The summed E-state index contributed by atoms with van der Waals surface area (Å²) < 4.78 is 17.2. The van der Waals surface area contributed by atoms with E-state index in [1.54, 1.807) is 0 Å². The van der Waals surface area contributed by atoms with Crippen LogP contribution in [0.5, 0.6) is 0 Å². The molecule has 4 heteroatoms. The number of rotatable bonds is 3. The van der Waals surface area contributed by atoms with Gasteiger partial charge in [-0.25, -0.2) is 0 Å². The van der Waals surface area contributed by atoms with Crippen molar-refractivity contribution < 1.29 is 13.7 Å². The van der Waals surface area contributed by atoms with E-state index in [4.69, 9.17) is 4.74 Å². The van der Waals surface area contributed by atoms with Crippen LogP contribution in [0.4, 0.5) is 0 Å². The Hall–Kier alpha value is -0.220. The lowest BCUT2D eigenvalue weighted by molar-refractivity contribution is -0.117. The zero-order valence-electron chi connectivity index (χ0n) is 8.24. The van der Waals surface area contributed by atoms with Crippen LogP contribution in [-0.2, 0) is 20.3 Å². The van der Waals surface area contributed by atoms with E-state index >= 15 is 0 Å². The second-order valence-electron chi connectivity index (χ2n) is 4.03. The minimum Gasteiger partial charge on any atom is -0.377 e.